The molecular weight excluding hydrogens is 290 g/mol. The molecule has 0 amide bonds. The number of nitrogen functional groups attached to an aromatic ring is 1. The number of nitrogens with one attached hydrogen (secondary N) is 1. The summed E-state index contributed by atoms with van der Waals surface area (Å²) in [5.74, 6) is 6.64. The Kier molecular flexibility index (Phi) is 4.71. The molecule has 1 aromatic carbocycles. The number of nitro groups is 1. The molecule has 0 bridgehead atoms. The highest BCUT2D eigenvalue weighted by Crippen LogP contribution is 2.34. The molecule has 0 aliphatic heterocycles. The number of rotatable bonds is 5. The summed E-state index contributed by atoms with van der Waals surface area (Å²) in [6.45, 7) is 3.93. The number of nitrogens with two attached hydrogens (primary N) is 1. The van der Waals surface area contributed by atoms with Crippen LogP contribution in [0.25, 0.3) is 0 Å². The van der Waals surface area contributed by atoms with E-state index in [1.807, 2.05) is 13.8 Å². The lowest BCUT2D eigenvalue weighted by molar-refractivity contribution is -0.387. The summed E-state index contributed by atoms with van der Waals surface area (Å²) in [6.07, 6.45) is 0. The van der Waals surface area contributed by atoms with Gasteiger partial charge in [0.15, 0.2) is 0 Å². The van der Waals surface area contributed by atoms with Crippen LogP contribution in [0.2, 0.25) is 0 Å². The fourth-order valence-electron chi connectivity index (χ4n) is 1.63. The van der Waals surface area contributed by atoms with Gasteiger partial charge in [-0.2, -0.15) is 0 Å². The SMILES string of the molecule is CC(C)c1nc(NN)cc(Sc2ccccc2[N+](=O)[O-])n1. The molecule has 21 heavy (non-hydrogen) atoms. The summed E-state index contributed by atoms with van der Waals surface area (Å²) in [7, 11) is 0. The van der Waals surface area contributed by atoms with E-state index in [1.54, 1.807) is 24.3 Å². The number of hydrogen-bond donors (Lipinski definition) is 2. The summed E-state index contributed by atoms with van der Waals surface area (Å²) < 4.78 is 0. The van der Waals surface area contributed by atoms with Crippen molar-refractivity contribution in [3.8, 4) is 0 Å². The van der Waals surface area contributed by atoms with Crippen molar-refractivity contribution < 1.29 is 4.92 Å². The minimum absolute atomic E-state index is 0.0504. The number of hydrazine groups is 1. The number of nitro benzene ring substituents is 1. The summed E-state index contributed by atoms with van der Waals surface area (Å²) in [6, 6.07) is 8.20. The molecule has 0 fully saturated rings. The van der Waals surface area contributed by atoms with Gasteiger partial charge in [-0.1, -0.05) is 37.7 Å². The van der Waals surface area contributed by atoms with Crippen LogP contribution in [0, 0.1) is 10.1 Å². The lowest BCUT2D eigenvalue weighted by atomic mass is 10.2. The Balaban J connectivity index is 2.40. The van der Waals surface area contributed by atoms with Crippen molar-refractivity contribution in [1.29, 1.82) is 0 Å². The normalized spacial score (nSPS) is 10.7. The summed E-state index contributed by atoms with van der Waals surface area (Å²) in [4.78, 5) is 19.8. The van der Waals surface area contributed by atoms with Crippen LogP contribution in [0.4, 0.5) is 11.5 Å². The molecule has 0 aliphatic rings. The monoisotopic (exact) mass is 305 g/mol. The van der Waals surface area contributed by atoms with Gasteiger partial charge in [-0.3, -0.25) is 10.1 Å². The topological polar surface area (TPSA) is 107 Å². The van der Waals surface area contributed by atoms with Crippen LogP contribution in [0.5, 0.6) is 0 Å². The Morgan fingerprint density at radius 3 is 2.67 bits per heavy atom. The number of anilines is 1. The van der Waals surface area contributed by atoms with Crippen LogP contribution in [0.1, 0.15) is 25.6 Å². The average molecular weight is 305 g/mol. The van der Waals surface area contributed by atoms with E-state index in [9.17, 15) is 10.1 Å². The Bertz CT molecular complexity index is 663. The molecule has 0 saturated heterocycles. The van der Waals surface area contributed by atoms with Crippen molar-refractivity contribution in [2.75, 3.05) is 5.43 Å². The van der Waals surface area contributed by atoms with Crippen molar-refractivity contribution in [3.63, 3.8) is 0 Å². The van der Waals surface area contributed by atoms with E-state index in [1.165, 1.54) is 17.8 Å². The van der Waals surface area contributed by atoms with Gasteiger partial charge in [0.2, 0.25) is 0 Å². The maximum absolute atomic E-state index is 11.0. The summed E-state index contributed by atoms with van der Waals surface area (Å²) in [5, 5.41) is 11.6. The largest absolute Gasteiger partial charge is 0.308 e. The molecule has 0 atom stereocenters. The van der Waals surface area contributed by atoms with E-state index < -0.39 is 4.92 Å². The Labute approximate surface area is 126 Å². The Morgan fingerprint density at radius 2 is 2.05 bits per heavy atom. The van der Waals surface area contributed by atoms with Gasteiger partial charge >= 0.3 is 0 Å². The number of nitrogens with zero attached hydrogens (tertiary/aromatic N) is 3. The molecule has 2 aromatic rings. The third kappa shape index (κ3) is 3.67. The van der Waals surface area contributed by atoms with Crippen LogP contribution in [0.3, 0.4) is 0 Å². The molecule has 1 aromatic heterocycles. The molecule has 0 aliphatic carbocycles. The van der Waals surface area contributed by atoms with Crippen molar-refractivity contribution in [1.82, 2.24) is 9.97 Å². The predicted octanol–water partition coefficient (Wildman–Crippen LogP) is 2.95. The molecule has 3 N–H and O–H groups in total. The smallest absolute Gasteiger partial charge is 0.283 e. The highest BCUT2D eigenvalue weighted by Gasteiger charge is 2.16. The second-order valence-electron chi connectivity index (χ2n) is 4.58. The molecule has 0 spiro atoms. The summed E-state index contributed by atoms with van der Waals surface area (Å²) in [5.41, 5.74) is 2.54. The molecule has 2 rings (SSSR count). The average Bonchev–Trinajstić information content (AvgIpc) is 2.47. The van der Waals surface area contributed by atoms with Gasteiger partial charge in [-0.25, -0.2) is 15.8 Å². The zero-order valence-electron chi connectivity index (χ0n) is 11.6. The molecule has 0 saturated carbocycles. The van der Waals surface area contributed by atoms with Gasteiger partial charge in [0.25, 0.3) is 5.69 Å². The van der Waals surface area contributed by atoms with Crippen LogP contribution >= 0.6 is 11.8 Å². The molecular formula is C13H15N5O2S. The molecule has 7 nitrogen and oxygen atoms in total. The van der Waals surface area contributed by atoms with Crippen LogP contribution in [0.15, 0.2) is 40.3 Å². The Morgan fingerprint density at radius 1 is 1.33 bits per heavy atom. The number of aromatic nitrogens is 2. The minimum atomic E-state index is -0.408. The van der Waals surface area contributed by atoms with E-state index in [0.29, 0.717) is 21.6 Å². The van der Waals surface area contributed by atoms with Crippen molar-refractivity contribution >= 4 is 23.3 Å². The Hall–Kier alpha value is -2.19. The van der Waals surface area contributed by atoms with Crippen LogP contribution in [-0.2, 0) is 0 Å². The molecule has 0 radical (unpaired) electrons. The van der Waals surface area contributed by atoms with Crippen LogP contribution in [-0.4, -0.2) is 14.9 Å². The highest BCUT2D eigenvalue weighted by atomic mass is 32.2. The van der Waals surface area contributed by atoms with E-state index in [0.717, 1.165) is 0 Å². The third-order valence-electron chi connectivity index (χ3n) is 2.66. The van der Waals surface area contributed by atoms with E-state index in [4.69, 9.17) is 5.84 Å². The van der Waals surface area contributed by atoms with Crippen LogP contribution < -0.4 is 11.3 Å². The maximum Gasteiger partial charge on any atom is 0.283 e. The lowest BCUT2D eigenvalue weighted by Crippen LogP contribution is -2.11. The number of hydrogen-bond acceptors (Lipinski definition) is 7. The van der Waals surface area contributed by atoms with E-state index >= 15 is 0 Å². The first kappa shape index (κ1) is 15.2. The first-order valence-corrected chi connectivity index (χ1v) is 7.09. The zero-order chi connectivity index (χ0) is 15.4. The third-order valence-corrected chi connectivity index (χ3v) is 3.64. The highest BCUT2D eigenvalue weighted by molar-refractivity contribution is 7.99. The molecule has 8 heteroatoms. The molecule has 1 heterocycles. The van der Waals surface area contributed by atoms with E-state index in [-0.39, 0.29) is 11.6 Å². The van der Waals surface area contributed by atoms with Crippen molar-refractivity contribution in [3.05, 3.63) is 46.3 Å². The predicted molar refractivity (Wildman–Crippen MR) is 81.2 cm³/mol. The fraction of sp³-hybridized carbons (Fsp3) is 0.231. The zero-order valence-corrected chi connectivity index (χ0v) is 12.4. The number of para-hydroxylation sites is 1. The minimum Gasteiger partial charge on any atom is -0.308 e. The van der Waals surface area contributed by atoms with Crippen molar-refractivity contribution in [2.45, 2.75) is 29.7 Å². The lowest BCUT2D eigenvalue weighted by Gasteiger charge is -2.09. The second-order valence-corrected chi connectivity index (χ2v) is 5.64. The van der Waals surface area contributed by atoms with Gasteiger partial charge < -0.3 is 5.43 Å². The maximum atomic E-state index is 11.0. The summed E-state index contributed by atoms with van der Waals surface area (Å²) >= 11 is 1.22. The van der Waals surface area contributed by atoms with Gasteiger partial charge in [-0.15, -0.1) is 0 Å². The molecule has 110 valence electrons. The quantitative estimate of drug-likeness (QED) is 0.378. The van der Waals surface area contributed by atoms with Gasteiger partial charge in [0.1, 0.15) is 16.7 Å². The van der Waals surface area contributed by atoms with Gasteiger partial charge in [-0.05, 0) is 6.07 Å². The van der Waals surface area contributed by atoms with Crippen molar-refractivity contribution in [2.24, 2.45) is 5.84 Å². The first-order valence-electron chi connectivity index (χ1n) is 6.28. The van der Waals surface area contributed by atoms with E-state index in [2.05, 4.69) is 15.4 Å². The second kappa shape index (κ2) is 6.51. The molecule has 0 unspecified atom stereocenters. The standard InChI is InChI=1S/C13H15N5O2S/c1-8(2)13-15-11(17-14)7-12(16-13)21-10-6-4-3-5-9(10)18(19)20/h3-8H,14H2,1-2H3,(H,15,16,17). The fourth-order valence-corrected chi connectivity index (χ4v) is 2.56. The first-order chi connectivity index (χ1) is 10.0. The van der Waals surface area contributed by atoms with Gasteiger partial charge in [0, 0.05) is 18.1 Å². The number of benzene rings is 1. The van der Waals surface area contributed by atoms with Gasteiger partial charge in [0.05, 0.1) is 9.82 Å².